The van der Waals surface area contributed by atoms with Crippen molar-refractivity contribution >= 4 is 11.9 Å². The molecule has 0 saturated heterocycles. The average molecular weight is 365 g/mol. The van der Waals surface area contributed by atoms with Gasteiger partial charge in [-0.3, -0.25) is 14.9 Å². The van der Waals surface area contributed by atoms with Crippen LogP contribution in [0.2, 0.25) is 0 Å². The summed E-state index contributed by atoms with van der Waals surface area (Å²) in [6.45, 7) is 6.62. The Bertz CT molecular complexity index is 556. The van der Waals surface area contributed by atoms with Gasteiger partial charge >= 0.3 is 11.9 Å². The van der Waals surface area contributed by atoms with Gasteiger partial charge in [0.15, 0.2) is 0 Å². The lowest BCUT2D eigenvalue weighted by Crippen LogP contribution is -2.48. The Balaban J connectivity index is 2.66. The molecule has 0 aliphatic rings. The molecule has 1 aromatic carbocycles. The number of carboxylic acid groups (broad SMARTS) is 2. The molecule has 0 aliphatic heterocycles. The lowest BCUT2D eigenvalue weighted by molar-refractivity contribution is -0.142. The maximum absolute atomic E-state index is 11.5. The molecule has 1 rings (SSSR count). The van der Waals surface area contributed by atoms with Crippen LogP contribution >= 0.6 is 0 Å². The van der Waals surface area contributed by atoms with Gasteiger partial charge in [0, 0.05) is 0 Å². The summed E-state index contributed by atoms with van der Waals surface area (Å²) in [6.07, 6.45) is 3.87. The van der Waals surface area contributed by atoms with Gasteiger partial charge in [-0.2, -0.15) is 0 Å². The highest BCUT2D eigenvalue weighted by Gasteiger charge is 2.26. The molecule has 1 aromatic rings. The van der Waals surface area contributed by atoms with E-state index in [1.807, 2.05) is 38.1 Å². The quantitative estimate of drug-likeness (QED) is 0.464. The summed E-state index contributed by atoms with van der Waals surface area (Å²) in [6, 6.07) is 5.46. The Morgan fingerprint density at radius 3 is 2.15 bits per heavy atom. The largest absolute Gasteiger partial charge is 0.494 e. The summed E-state index contributed by atoms with van der Waals surface area (Å²) < 4.78 is 5.65. The van der Waals surface area contributed by atoms with E-state index in [-0.39, 0.29) is 12.3 Å². The first-order valence-electron chi connectivity index (χ1n) is 9.26. The van der Waals surface area contributed by atoms with Crippen molar-refractivity contribution in [2.75, 3.05) is 6.61 Å². The van der Waals surface area contributed by atoms with Crippen LogP contribution in [0.5, 0.6) is 5.75 Å². The second kappa shape index (κ2) is 11.5. The zero-order valence-corrected chi connectivity index (χ0v) is 15.9. The molecule has 0 heterocycles. The van der Waals surface area contributed by atoms with Crippen LogP contribution in [-0.4, -0.2) is 40.8 Å². The Morgan fingerprint density at radius 2 is 1.65 bits per heavy atom. The molecule has 3 N–H and O–H groups in total. The van der Waals surface area contributed by atoms with Crippen molar-refractivity contribution in [1.82, 2.24) is 5.32 Å². The second-order valence-corrected chi connectivity index (χ2v) is 6.98. The van der Waals surface area contributed by atoms with Gasteiger partial charge in [-0.15, -0.1) is 0 Å². The first-order chi connectivity index (χ1) is 12.3. The minimum absolute atomic E-state index is 0.155. The molecule has 0 fully saturated rings. The minimum atomic E-state index is -1.06. The molecule has 6 heteroatoms. The van der Waals surface area contributed by atoms with Crippen LogP contribution in [0.4, 0.5) is 0 Å². The van der Waals surface area contributed by atoms with Crippen molar-refractivity contribution in [3.8, 4) is 5.75 Å². The van der Waals surface area contributed by atoms with Crippen LogP contribution in [0.15, 0.2) is 24.3 Å². The van der Waals surface area contributed by atoms with Gasteiger partial charge in [-0.25, -0.2) is 0 Å². The fraction of sp³-hybridized carbons (Fsp3) is 0.600. The van der Waals surface area contributed by atoms with Gasteiger partial charge in [-0.1, -0.05) is 45.7 Å². The van der Waals surface area contributed by atoms with Gasteiger partial charge in [0.05, 0.1) is 6.61 Å². The molecule has 0 radical (unpaired) electrons. The number of rotatable bonds is 13. The van der Waals surface area contributed by atoms with Crippen molar-refractivity contribution in [3.05, 3.63) is 29.8 Å². The fourth-order valence-corrected chi connectivity index (χ4v) is 2.67. The van der Waals surface area contributed by atoms with Crippen LogP contribution in [0.3, 0.4) is 0 Å². The van der Waals surface area contributed by atoms with Crippen molar-refractivity contribution in [1.29, 1.82) is 0 Å². The predicted molar refractivity (Wildman–Crippen MR) is 101 cm³/mol. The summed E-state index contributed by atoms with van der Waals surface area (Å²) in [5, 5.41) is 21.5. The van der Waals surface area contributed by atoms with Gasteiger partial charge in [0.1, 0.15) is 17.8 Å². The number of aliphatic carboxylic acids is 2. The Kier molecular flexibility index (Phi) is 9.73. The van der Waals surface area contributed by atoms with E-state index < -0.39 is 24.0 Å². The zero-order chi connectivity index (χ0) is 19.5. The predicted octanol–water partition coefficient (Wildman–Crippen LogP) is 3.34. The van der Waals surface area contributed by atoms with E-state index in [4.69, 9.17) is 4.74 Å². The summed E-state index contributed by atoms with van der Waals surface area (Å²) in [5.41, 5.74) is 0.819. The van der Waals surface area contributed by atoms with Gasteiger partial charge in [-0.05, 0) is 42.9 Å². The number of benzene rings is 1. The third kappa shape index (κ3) is 8.34. The standard InChI is InChI=1S/C20H31NO5/c1-4-5-6-11-26-16-9-7-15(8-10-16)13-18(20(24)25)21-17(19(22)23)12-14(2)3/h7-10,14,17-18,21H,4-6,11-13H2,1-3H3,(H,22,23)(H,24,25). The monoisotopic (exact) mass is 365 g/mol. The van der Waals surface area contributed by atoms with Crippen LogP contribution in [-0.2, 0) is 16.0 Å². The summed E-state index contributed by atoms with van der Waals surface area (Å²) in [5.74, 6) is -1.17. The molecule has 6 nitrogen and oxygen atoms in total. The van der Waals surface area contributed by atoms with Crippen LogP contribution < -0.4 is 10.1 Å². The van der Waals surface area contributed by atoms with Crippen molar-refractivity contribution in [2.24, 2.45) is 5.92 Å². The van der Waals surface area contributed by atoms with Crippen LogP contribution in [0.25, 0.3) is 0 Å². The molecule has 0 amide bonds. The zero-order valence-electron chi connectivity index (χ0n) is 15.9. The number of unbranched alkanes of at least 4 members (excludes halogenated alkanes) is 2. The normalized spacial score (nSPS) is 13.4. The smallest absolute Gasteiger partial charge is 0.321 e. The molecule has 146 valence electrons. The van der Waals surface area contributed by atoms with Crippen molar-refractivity contribution in [2.45, 2.75) is 65.0 Å². The van der Waals surface area contributed by atoms with Crippen molar-refractivity contribution < 1.29 is 24.5 Å². The van der Waals surface area contributed by atoms with E-state index in [1.165, 1.54) is 0 Å². The van der Waals surface area contributed by atoms with Gasteiger partial charge in [0.25, 0.3) is 0 Å². The topological polar surface area (TPSA) is 95.9 Å². The third-order valence-corrected chi connectivity index (χ3v) is 4.09. The number of hydrogen-bond donors (Lipinski definition) is 3. The summed E-state index contributed by atoms with van der Waals surface area (Å²) in [4.78, 5) is 22.9. The van der Waals surface area contributed by atoms with E-state index in [1.54, 1.807) is 0 Å². The molecule has 0 spiro atoms. The van der Waals surface area contributed by atoms with E-state index in [9.17, 15) is 19.8 Å². The number of ether oxygens (including phenoxy) is 1. The highest BCUT2D eigenvalue weighted by atomic mass is 16.5. The van der Waals surface area contributed by atoms with E-state index in [0.29, 0.717) is 13.0 Å². The van der Waals surface area contributed by atoms with Crippen LogP contribution in [0, 0.1) is 5.92 Å². The number of nitrogens with one attached hydrogen (secondary N) is 1. The maximum atomic E-state index is 11.5. The van der Waals surface area contributed by atoms with E-state index >= 15 is 0 Å². The Morgan fingerprint density at radius 1 is 1.04 bits per heavy atom. The highest BCUT2D eigenvalue weighted by Crippen LogP contribution is 2.15. The summed E-state index contributed by atoms with van der Waals surface area (Å²) in [7, 11) is 0. The average Bonchev–Trinajstić information content (AvgIpc) is 2.58. The Labute approximate surface area is 155 Å². The first kappa shape index (κ1) is 22.0. The highest BCUT2D eigenvalue weighted by molar-refractivity contribution is 5.77. The lowest BCUT2D eigenvalue weighted by Gasteiger charge is -2.21. The number of carbonyl (C=O) groups is 2. The molecule has 2 unspecified atom stereocenters. The second-order valence-electron chi connectivity index (χ2n) is 6.98. The molecule has 0 saturated carbocycles. The van der Waals surface area contributed by atoms with Crippen molar-refractivity contribution in [3.63, 3.8) is 0 Å². The lowest BCUT2D eigenvalue weighted by atomic mass is 10.0. The summed E-state index contributed by atoms with van der Waals surface area (Å²) >= 11 is 0. The van der Waals surface area contributed by atoms with E-state index in [2.05, 4.69) is 12.2 Å². The molecule has 0 bridgehead atoms. The minimum Gasteiger partial charge on any atom is -0.494 e. The maximum Gasteiger partial charge on any atom is 0.321 e. The van der Waals surface area contributed by atoms with Gasteiger partial charge < -0.3 is 14.9 Å². The molecule has 26 heavy (non-hydrogen) atoms. The fourth-order valence-electron chi connectivity index (χ4n) is 2.67. The molecule has 2 atom stereocenters. The van der Waals surface area contributed by atoms with Crippen LogP contribution in [0.1, 0.15) is 52.0 Å². The van der Waals surface area contributed by atoms with Gasteiger partial charge in [0.2, 0.25) is 0 Å². The molecular formula is C20H31NO5. The number of hydrogen-bond acceptors (Lipinski definition) is 4. The molecular weight excluding hydrogens is 334 g/mol. The first-order valence-corrected chi connectivity index (χ1v) is 9.26. The molecule has 0 aromatic heterocycles. The molecule has 0 aliphatic carbocycles. The Hall–Kier alpha value is -2.08. The number of carboxylic acids is 2. The van der Waals surface area contributed by atoms with E-state index in [0.717, 1.165) is 30.6 Å². The third-order valence-electron chi connectivity index (χ3n) is 4.09. The SMILES string of the molecule is CCCCCOc1ccc(CC(NC(CC(C)C)C(=O)O)C(=O)O)cc1.